The van der Waals surface area contributed by atoms with Gasteiger partial charge in [0.2, 0.25) is 0 Å². The van der Waals surface area contributed by atoms with Crippen molar-refractivity contribution in [2.24, 2.45) is 11.7 Å². The molecule has 1 aliphatic carbocycles. The Bertz CT molecular complexity index is 182. The van der Waals surface area contributed by atoms with Crippen LogP contribution in [0.25, 0.3) is 0 Å². The molecule has 1 saturated carbocycles. The lowest BCUT2D eigenvalue weighted by Gasteiger charge is -2.26. The fraction of sp³-hybridized carbons (Fsp3) is 1.00. The number of nitrogens with one attached hydrogen (secondary N) is 1. The molecular formula is C10H19F3N2. The molecule has 1 rings (SSSR count). The van der Waals surface area contributed by atoms with Gasteiger partial charge in [0.15, 0.2) is 0 Å². The summed E-state index contributed by atoms with van der Waals surface area (Å²) in [6.07, 6.45) is -0.598. The van der Waals surface area contributed by atoms with Crippen LogP contribution in [0.15, 0.2) is 0 Å². The third-order valence-corrected chi connectivity index (χ3v) is 2.84. The zero-order valence-corrected chi connectivity index (χ0v) is 8.82. The second-order valence-electron chi connectivity index (χ2n) is 4.36. The van der Waals surface area contributed by atoms with Gasteiger partial charge in [-0.05, 0) is 31.7 Å². The largest absolute Gasteiger partial charge is 0.390 e. The molecule has 15 heavy (non-hydrogen) atoms. The van der Waals surface area contributed by atoms with E-state index in [9.17, 15) is 13.2 Å². The van der Waals surface area contributed by atoms with Gasteiger partial charge < -0.3 is 11.1 Å². The maximum Gasteiger partial charge on any atom is 0.390 e. The summed E-state index contributed by atoms with van der Waals surface area (Å²) in [6.45, 7) is 0.693. The number of hydrogen-bond donors (Lipinski definition) is 2. The van der Waals surface area contributed by atoms with Crippen molar-refractivity contribution in [2.75, 3.05) is 13.1 Å². The van der Waals surface area contributed by atoms with E-state index in [1.54, 1.807) is 0 Å². The van der Waals surface area contributed by atoms with Crippen LogP contribution in [0, 0.1) is 5.92 Å². The van der Waals surface area contributed by atoms with Gasteiger partial charge in [-0.2, -0.15) is 13.2 Å². The van der Waals surface area contributed by atoms with E-state index in [-0.39, 0.29) is 12.6 Å². The average molecular weight is 224 g/mol. The quantitative estimate of drug-likeness (QED) is 0.717. The van der Waals surface area contributed by atoms with Crippen molar-refractivity contribution < 1.29 is 13.2 Å². The first kappa shape index (κ1) is 12.8. The average Bonchev–Trinajstić information content (AvgIpc) is 2.11. The second kappa shape index (κ2) is 5.70. The summed E-state index contributed by atoms with van der Waals surface area (Å²) in [5.41, 5.74) is 5.79. The molecule has 0 aromatic rings. The molecule has 2 unspecified atom stereocenters. The highest BCUT2D eigenvalue weighted by Crippen LogP contribution is 2.22. The Balaban J connectivity index is 2.04. The van der Waals surface area contributed by atoms with E-state index in [0.717, 1.165) is 25.7 Å². The molecule has 0 aromatic heterocycles. The van der Waals surface area contributed by atoms with E-state index >= 15 is 0 Å². The first-order chi connectivity index (χ1) is 6.97. The minimum absolute atomic E-state index is 0.0231. The Labute approximate surface area is 88.4 Å². The maximum atomic E-state index is 11.8. The van der Waals surface area contributed by atoms with Gasteiger partial charge in [-0.1, -0.05) is 6.42 Å². The minimum atomic E-state index is -4.05. The molecule has 0 radical (unpaired) electrons. The molecule has 0 aliphatic heterocycles. The predicted molar refractivity (Wildman–Crippen MR) is 53.5 cm³/mol. The molecule has 1 fully saturated rings. The van der Waals surface area contributed by atoms with E-state index in [1.165, 1.54) is 0 Å². The second-order valence-corrected chi connectivity index (χ2v) is 4.36. The lowest BCUT2D eigenvalue weighted by Crippen LogP contribution is -2.34. The van der Waals surface area contributed by atoms with Crippen LogP contribution in [-0.2, 0) is 0 Å². The normalized spacial score (nSPS) is 28.0. The maximum absolute atomic E-state index is 11.8. The van der Waals surface area contributed by atoms with Crippen LogP contribution >= 0.6 is 0 Å². The van der Waals surface area contributed by atoms with Crippen molar-refractivity contribution in [3.63, 3.8) is 0 Å². The summed E-state index contributed by atoms with van der Waals surface area (Å²) in [4.78, 5) is 0. The summed E-state index contributed by atoms with van der Waals surface area (Å²) in [5.74, 6) is 0.460. The highest BCUT2D eigenvalue weighted by atomic mass is 19.4. The van der Waals surface area contributed by atoms with Crippen LogP contribution in [0.1, 0.15) is 32.1 Å². The molecule has 2 atom stereocenters. The highest BCUT2D eigenvalue weighted by Gasteiger charge is 2.26. The molecule has 0 saturated heterocycles. The Hall–Kier alpha value is -0.290. The Morgan fingerprint density at radius 1 is 1.27 bits per heavy atom. The summed E-state index contributed by atoms with van der Waals surface area (Å²) in [5, 5.41) is 2.86. The monoisotopic (exact) mass is 224 g/mol. The van der Waals surface area contributed by atoms with E-state index in [2.05, 4.69) is 5.32 Å². The Kier molecular flexibility index (Phi) is 4.86. The summed E-state index contributed by atoms with van der Waals surface area (Å²) in [7, 11) is 0. The van der Waals surface area contributed by atoms with Crippen molar-refractivity contribution in [3.8, 4) is 0 Å². The standard InChI is InChI=1S/C10H19F3N2/c11-10(12,13)4-5-15-7-8-2-1-3-9(14)6-8/h8-9,15H,1-7,14H2. The lowest BCUT2D eigenvalue weighted by atomic mass is 9.86. The van der Waals surface area contributed by atoms with Crippen LogP contribution in [0.4, 0.5) is 13.2 Å². The van der Waals surface area contributed by atoms with Gasteiger partial charge in [0.1, 0.15) is 0 Å². The van der Waals surface area contributed by atoms with Gasteiger partial charge in [-0.3, -0.25) is 0 Å². The number of nitrogens with two attached hydrogens (primary N) is 1. The first-order valence-electron chi connectivity index (χ1n) is 5.50. The van der Waals surface area contributed by atoms with Gasteiger partial charge in [-0.25, -0.2) is 0 Å². The molecule has 2 nitrogen and oxygen atoms in total. The highest BCUT2D eigenvalue weighted by molar-refractivity contribution is 4.76. The van der Waals surface area contributed by atoms with E-state index in [1.807, 2.05) is 0 Å². The van der Waals surface area contributed by atoms with Crippen molar-refractivity contribution in [3.05, 3.63) is 0 Å². The summed E-state index contributed by atoms with van der Waals surface area (Å²) < 4.78 is 35.5. The van der Waals surface area contributed by atoms with Gasteiger partial charge in [-0.15, -0.1) is 0 Å². The van der Waals surface area contributed by atoms with E-state index < -0.39 is 12.6 Å². The Morgan fingerprint density at radius 2 is 2.00 bits per heavy atom. The number of hydrogen-bond acceptors (Lipinski definition) is 2. The fourth-order valence-corrected chi connectivity index (χ4v) is 2.05. The van der Waals surface area contributed by atoms with Crippen LogP contribution in [0.2, 0.25) is 0 Å². The van der Waals surface area contributed by atoms with Crippen molar-refractivity contribution in [1.29, 1.82) is 0 Å². The lowest BCUT2D eigenvalue weighted by molar-refractivity contribution is -0.133. The summed E-state index contributed by atoms with van der Waals surface area (Å²) >= 11 is 0. The molecule has 0 spiro atoms. The molecule has 0 aromatic carbocycles. The van der Waals surface area contributed by atoms with Crippen LogP contribution < -0.4 is 11.1 Å². The number of alkyl halides is 3. The van der Waals surface area contributed by atoms with Crippen LogP contribution in [0.3, 0.4) is 0 Å². The molecule has 5 heteroatoms. The van der Waals surface area contributed by atoms with Gasteiger partial charge in [0.05, 0.1) is 6.42 Å². The molecule has 1 aliphatic rings. The van der Waals surface area contributed by atoms with Crippen LogP contribution in [-0.4, -0.2) is 25.3 Å². The molecule has 0 amide bonds. The smallest absolute Gasteiger partial charge is 0.328 e. The predicted octanol–water partition coefficient (Wildman–Crippen LogP) is 2.05. The molecular weight excluding hydrogens is 205 g/mol. The molecule has 90 valence electrons. The Morgan fingerprint density at radius 3 is 2.60 bits per heavy atom. The van der Waals surface area contributed by atoms with E-state index in [0.29, 0.717) is 12.5 Å². The third-order valence-electron chi connectivity index (χ3n) is 2.84. The van der Waals surface area contributed by atoms with Crippen LogP contribution in [0.5, 0.6) is 0 Å². The zero-order chi connectivity index (χ0) is 11.3. The first-order valence-corrected chi connectivity index (χ1v) is 5.50. The van der Waals surface area contributed by atoms with Gasteiger partial charge in [0, 0.05) is 12.6 Å². The van der Waals surface area contributed by atoms with Gasteiger partial charge >= 0.3 is 6.18 Å². The van der Waals surface area contributed by atoms with E-state index in [4.69, 9.17) is 5.73 Å². The molecule has 3 N–H and O–H groups in total. The topological polar surface area (TPSA) is 38.0 Å². The van der Waals surface area contributed by atoms with Gasteiger partial charge in [0.25, 0.3) is 0 Å². The molecule has 0 heterocycles. The van der Waals surface area contributed by atoms with Crippen molar-refractivity contribution in [1.82, 2.24) is 5.32 Å². The SMILES string of the molecule is NC1CCCC(CNCCC(F)(F)F)C1. The zero-order valence-electron chi connectivity index (χ0n) is 8.82. The number of halogens is 3. The number of rotatable bonds is 4. The van der Waals surface area contributed by atoms with Crippen molar-refractivity contribution >= 4 is 0 Å². The summed E-state index contributed by atoms with van der Waals surface area (Å²) in [6, 6.07) is 0.244. The van der Waals surface area contributed by atoms with Crippen molar-refractivity contribution in [2.45, 2.75) is 44.3 Å². The third kappa shape index (κ3) is 5.99. The minimum Gasteiger partial charge on any atom is -0.328 e. The molecule has 0 bridgehead atoms. The fourth-order valence-electron chi connectivity index (χ4n) is 2.05.